The molecular formula is C21H23N3O2. The molecule has 0 spiro atoms. The van der Waals surface area contributed by atoms with Gasteiger partial charge in [0.2, 0.25) is 5.91 Å². The molecule has 2 aromatic carbocycles. The molecule has 0 radical (unpaired) electrons. The van der Waals surface area contributed by atoms with Crippen molar-refractivity contribution in [3.8, 4) is 0 Å². The summed E-state index contributed by atoms with van der Waals surface area (Å²) in [6, 6.07) is 15.4. The van der Waals surface area contributed by atoms with E-state index >= 15 is 0 Å². The molecule has 0 bridgehead atoms. The van der Waals surface area contributed by atoms with Gasteiger partial charge < -0.3 is 15.2 Å². The van der Waals surface area contributed by atoms with Crippen LogP contribution in [0.1, 0.15) is 27.9 Å². The zero-order valence-electron chi connectivity index (χ0n) is 15.1. The van der Waals surface area contributed by atoms with Crippen LogP contribution in [0.25, 0.3) is 10.9 Å². The summed E-state index contributed by atoms with van der Waals surface area (Å²) in [6.07, 6.45) is 3.11. The van der Waals surface area contributed by atoms with Crippen molar-refractivity contribution < 1.29 is 9.59 Å². The lowest BCUT2D eigenvalue weighted by atomic mass is 10.1. The van der Waals surface area contributed by atoms with Gasteiger partial charge in [-0.05, 0) is 35.7 Å². The summed E-state index contributed by atoms with van der Waals surface area (Å²) < 4.78 is 0. The first-order chi connectivity index (χ1) is 12.5. The first-order valence-corrected chi connectivity index (χ1v) is 8.67. The summed E-state index contributed by atoms with van der Waals surface area (Å²) in [5, 5.41) is 4.10. The highest BCUT2D eigenvalue weighted by atomic mass is 16.2. The molecule has 0 fully saturated rings. The normalized spacial score (nSPS) is 10.7. The summed E-state index contributed by atoms with van der Waals surface area (Å²) in [5.41, 5.74) is 3.86. The lowest BCUT2D eigenvalue weighted by Crippen LogP contribution is -2.23. The number of aromatic amines is 1. The van der Waals surface area contributed by atoms with E-state index in [4.69, 9.17) is 0 Å². The highest BCUT2D eigenvalue weighted by Crippen LogP contribution is 2.18. The Labute approximate surface area is 153 Å². The molecule has 5 heteroatoms. The summed E-state index contributed by atoms with van der Waals surface area (Å²) in [7, 11) is 3.45. The van der Waals surface area contributed by atoms with Crippen LogP contribution in [0.4, 0.5) is 0 Å². The molecule has 2 N–H and O–H groups in total. The van der Waals surface area contributed by atoms with Crippen molar-refractivity contribution in [3.05, 3.63) is 71.4 Å². The molecule has 3 aromatic rings. The molecular weight excluding hydrogens is 326 g/mol. The second kappa shape index (κ2) is 7.87. The largest absolute Gasteiger partial charge is 0.361 e. The number of nitrogens with zero attached hydrogens (tertiary/aromatic N) is 1. The predicted molar refractivity (Wildman–Crippen MR) is 103 cm³/mol. The fraction of sp³-hybridized carbons (Fsp3) is 0.238. The Morgan fingerprint density at radius 2 is 1.77 bits per heavy atom. The number of H-pyrrole nitrogens is 1. The predicted octanol–water partition coefficient (Wildman–Crippen LogP) is 3.12. The van der Waals surface area contributed by atoms with Crippen LogP contribution in [-0.2, 0) is 17.8 Å². The molecule has 0 aliphatic heterocycles. The standard InChI is InChI=1S/C21H23N3O2/c1-24(2)21(26)16-9-7-15(8-10-16)13-23-20(25)12-11-17-14-22-19-6-4-3-5-18(17)19/h3-10,14,22H,11-13H2,1-2H3,(H,23,25). The highest BCUT2D eigenvalue weighted by Gasteiger charge is 2.09. The van der Waals surface area contributed by atoms with Crippen LogP contribution < -0.4 is 5.32 Å². The SMILES string of the molecule is CN(C)C(=O)c1ccc(CNC(=O)CCc2c[nH]c3ccccc23)cc1. The van der Waals surface area contributed by atoms with Crippen molar-refractivity contribution in [1.82, 2.24) is 15.2 Å². The maximum absolute atomic E-state index is 12.1. The van der Waals surface area contributed by atoms with Gasteiger partial charge in [-0.2, -0.15) is 0 Å². The zero-order valence-corrected chi connectivity index (χ0v) is 15.1. The zero-order chi connectivity index (χ0) is 18.5. The van der Waals surface area contributed by atoms with E-state index in [1.54, 1.807) is 31.1 Å². The molecule has 2 amide bonds. The minimum absolute atomic E-state index is 0.0173. The summed E-state index contributed by atoms with van der Waals surface area (Å²) >= 11 is 0. The van der Waals surface area contributed by atoms with Crippen LogP contribution in [0.5, 0.6) is 0 Å². The third-order valence-electron chi connectivity index (χ3n) is 4.39. The molecule has 26 heavy (non-hydrogen) atoms. The highest BCUT2D eigenvalue weighted by molar-refractivity contribution is 5.93. The number of aryl methyl sites for hydroxylation is 1. The Kier molecular flexibility index (Phi) is 5.37. The second-order valence-electron chi connectivity index (χ2n) is 6.53. The van der Waals surface area contributed by atoms with Crippen molar-refractivity contribution in [2.75, 3.05) is 14.1 Å². The Morgan fingerprint density at radius 1 is 1.04 bits per heavy atom. The van der Waals surface area contributed by atoms with E-state index in [0.717, 1.165) is 16.6 Å². The van der Waals surface area contributed by atoms with Gasteiger partial charge in [-0.15, -0.1) is 0 Å². The molecule has 134 valence electrons. The molecule has 5 nitrogen and oxygen atoms in total. The number of amides is 2. The number of nitrogens with one attached hydrogen (secondary N) is 2. The van der Waals surface area contributed by atoms with Gasteiger partial charge >= 0.3 is 0 Å². The fourth-order valence-corrected chi connectivity index (χ4v) is 2.90. The van der Waals surface area contributed by atoms with Crippen LogP contribution in [0.2, 0.25) is 0 Å². The van der Waals surface area contributed by atoms with E-state index in [9.17, 15) is 9.59 Å². The van der Waals surface area contributed by atoms with Crippen molar-refractivity contribution in [2.24, 2.45) is 0 Å². The van der Waals surface area contributed by atoms with E-state index in [0.29, 0.717) is 24.9 Å². The maximum Gasteiger partial charge on any atom is 0.253 e. The monoisotopic (exact) mass is 349 g/mol. The number of carbonyl (C=O) groups excluding carboxylic acids is 2. The number of hydrogen-bond donors (Lipinski definition) is 2. The fourth-order valence-electron chi connectivity index (χ4n) is 2.90. The number of benzene rings is 2. The Hall–Kier alpha value is -3.08. The van der Waals surface area contributed by atoms with E-state index in [-0.39, 0.29) is 11.8 Å². The Bertz CT molecular complexity index is 910. The van der Waals surface area contributed by atoms with Gasteiger partial charge in [-0.25, -0.2) is 0 Å². The van der Waals surface area contributed by atoms with Crippen molar-refractivity contribution in [1.29, 1.82) is 0 Å². The molecule has 0 aliphatic carbocycles. The lowest BCUT2D eigenvalue weighted by molar-refractivity contribution is -0.121. The second-order valence-corrected chi connectivity index (χ2v) is 6.53. The van der Waals surface area contributed by atoms with Gasteiger partial charge in [0.1, 0.15) is 0 Å². The molecule has 0 aliphatic rings. The molecule has 1 aromatic heterocycles. The number of fused-ring (bicyclic) bond motifs is 1. The lowest BCUT2D eigenvalue weighted by Gasteiger charge is -2.11. The van der Waals surface area contributed by atoms with Gasteiger partial charge in [0, 0.05) is 49.7 Å². The molecule has 0 saturated carbocycles. The van der Waals surface area contributed by atoms with Crippen molar-refractivity contribution in [2.45, 2.75) is 19.4 Å². The van der Waals surface area contributed by atoms with Crippen LogP contribution in [0.3, 0.4) is 0 Å². The third kappa shape index (κ3) is 4.11. The van der Waals surface area contributed by atoms with Crippen molar-refractivity contribution >= 4 is 22.7 Å². The summed E-state index contributed by atoms with van der Waals surface area (Å²) in [4.78, 5) is 28.8. The van der Waals surface area contributed by atoms with Crippen LogP contribution in [0, 0.1) is 0 Å². The topological polar surface area (TPSA) is 65.2 Å². The van der Waals surface area contributed by atoms with Gasteiger partial charge in [0.25, 0.3) is 5.91 Å². The average molecular weight is 349 g/mol. The minimum Gasteiger partial charge on any atom is -0.361 e. The summed E-state index contributed by atoms with van der Waals surface area (Å²) in [6.45, 7) is 0.461. The van der Waals surface area contributed by atoms with Gasteiger partial charge in [-0.1, -0.05) is 30.3 Å². The van der Waals surface area contributed by atoms with E-state index in [2.05, 4.69) is 16.4 Å². The molecule has 0 atom stereocenters. The Balaban J connectivity index is 1.50. The van der Waals surface area contributed by atoms with Crippen molar-refractivity contribution in [3.63, 3.8) is 0 Å². The summed E-state index contributed by atoms with van der Waals surface area (Å²) in [5.74, 6) is -0.0111. The number of hydrogen-bond acceptors (Lipinski definition) is 2. The Morgan fingerprint density at radius 3 is 2.50 bits per heavy atom. The van der Waals surface area contributed by atoms with Crippen LogP contribution >= 0.6 is 0 Å². The van der Waals surface area contributed by atoms with E-state index in [1.807, 2.05) is 36.5 Å². The van der Waals surface area contributed by atoms with Gasteiger partial charge in [0.05, 0.1) is 0 Å². The first kappa shape index (κ1) is 17.7. The van der Waals surface area contributed by atoms with E-state index in [1.165, 1.54) is 5.39 Å². The van der Waals surface area contributed by atoms with Gasteiger partial charge in [-0.3, -0.25) is 9.59 Å². The number of carbonyl (C=O) groups is 2. The minimum atomic E-state index is -0.0284. The van der Waals surface area contributed by atoms with Gasteiger partial charge in [0.15, 0.2) is 0 Å². The third-order valence-corrected chi connectivity index (χ3v) is 4.39. The number of aromatic nitrogens is 1. The number of para-hydroxylation sites is 1. The van der Waals surface area contributed by atoms with Crippen LogP contribution in [0.15, 0.2) is 54.7 Å². The molecule has 0 unspecified atom stereocenters. The smallest absolute Gasteiger partial charge is 0.253 e. The molecule has 0 saturated heterocycles. The first-order valence-electron chi connectivity index (χ1n) is 8.67. The molecule has 3 rings (SSSR count). The average Bonchev–Trinajstić information content (AvgIpc) is 3.07. The molecule has 1 heterocycles. The number of rotatable bonds is 6. The maximum atomic E-state index is 12.1. The van der Waals surface area contributed by atoms with Crippen LogP contribution in [-0.4, -0.2) is 35.8 Å². The quantitative estimate of drug-likeness (QED) is 0.718. The van der Waals surface area contributed by atoms with E-state index < -0.39 is 0 Å².